The highest BCUT2D eigenvalue weighted by atomic mass is 16.4. The number of unbranched alkanes of at least 4 members (excludes halogenated alkanes) is 2. The number of nitrogens with two attached hydrogens (primary N) is 1. The fourth-order valence-corrected chi connectivity index (χ4v) is 4.19. The van der Waals surface area contributed by atoms with Crippen LogP contribution in [0.25, 0.3) is 0 Å². The zero-order chi connectivity index (χ0) is 28.6. The monoisotopic (exact) mass is 538 g/mol. The molecule has 2 aromatic carbocycles. The summed E-state index contributed by atoms with van der Waals surface area (Å²) in [7, 11) is 0. The Morgan fingerprint density at radius 1 is 0.667 bits per heavy atom. The molecule has 39 heavy (non-hydrogen) atoms. The first-order chi connectivity index (χ1) is 18.7. The molecule has 6 N–H and O–H groups in total. The summed E-state index contributed by atoms with van der Waals surface area (Å²) in [4.78, 5) is 51.2. The quantitative estimate of drug-likeness (QED) is 0.209. The van der Waals surface area contributed by atoms with Gasteiger partial charge in [0.05, 0.1) is 6.04 Å². The lowest BCUT2D eigenvalue weighted by atomic mass is 10.0. The number of amides is 3. The number of carboxylic acid groups (broad SMARTS) is 1. The van der Waals surface area contributed by atoms with Crippen LogP contribution in [0.3, 0.4) is 0 Å². The van der Waals surface area contributed by atoms with Crippen molar-refractivity contribution < 1.29 is 24.3 Å². The van der Waals surface area contributed by atoms with Gasteiger partial charge in [-0.15, -0.1) is 0 Å². The summed E-state index contributed by atoms with van der Waals surface area (Å²) < 4.78 is 0. The number of aliphatic carboxylic acids is 1. The van der Waals surface area contributed by atoms with E-state index in [1.165, 1.54) is 0 Å². The highest BCUT2D eigenvalue weighted by molar-refractivity contribution is 5.94. The van der Waals surface area contributed by atoms with Gasteiger partial charge in [0.15, 0.2) is 0 Å². The fourth-order valence-electron chi connectivity index (χ4n) is 4.19. The molecule has 0 spiro atoms. The molecule has 0 aliphatic heterocycles. The SMILES string of the molecule is CCCC[C@H](NC(=O)[C@H](CCCC)NC(=O)[C@@H](Cc1ccccc1)NC(=O)[C@@H](N)Cc1ccccc1)C(=O)O. The smallest absolute Gasteiger partial charge is 0.326 e. The summed E-state index contributed by atoms with van der Waals surface area (Å²) in [5, 5.41) is 17.7. The standard InChI is InChI=1S/C30H42N4O5/c1-3-5-17-24(28(36)33-25(30(38)39)18-6-4-2)32-29(37)26(20-22-15-11-8-12-16-22)34-27(35)23(31)19-21-13-9-7-10-14-21/h7-16,23-26H,3-6,17-20,31H2,1-2H3,(H,32,37)(H,33,36)(H,34,35)(H,38,39)/t23-,24-,25-,26+/m0/s1. The van der Waals surface area contributed by atoms with Crippen molar-refractivity contribution in [2.75, 3.05) is 0 Å². The lowest BCUT2D eigenvalue weighted by Gasteiger charge is -2.25. The van der Waals surface area contributed by atoms with E-state index in [9.17, 15) is 24.3 Å². The average Bonchev–Trinajstić information content (AvgIpc) is 2.93. The third-order valence-electron chi connectivity index (χ3n) is 6.49. The van der Waals surface area contributed by atoms with E-state index in [1.54, 1.807) is 0 Å². The van der Waals surface area contributed by atoms with E-state index in [0.717, 1.165) is 24.0 Å². The third kappa shape index (κ3) is 11.3. The van der Waals surface area contributed by atoms with Crippen LogP contribution in [0, 0.1) is 0 Å². The Bertz CT molecular complexity index is 1050. The van der Waals surface area contributed by atoms with Crippen LogP contribution in [0.2, 0.25) is 0 Å². The lowest BCUT2D eigenvalue weighted by molar-refractivity contribution is -0.142. The second kappa shape index (κ2) is 17.0. The second-order valence-corrected chi connectivity index (χ2v) is 9.79. The van der Waals surface area contributed by atoms with E-state index in [-0.39, 0.29) is 6.42 Å². The number of carbonyl (C=O) groups excluding carboxylic acids is 3. The van der Waals surface area contributed by atoms with E-state index in [0.29, 0.717) is 32.1 Å². The Kier molecular flexibility index (Phi) is 13.7. The molecule has 0 saturated carbocycles. The van der Waals surface area contributed by atoms with Crippen molar-refractivity contribution in [2.45, 2.75) is 89.4 Å². The summed E-state index contributed by atoms with van der Waals surface area (Å²) in [5.74, 6) is -2.67. The molecule has 0 radical (unpaired) electrons. The summed E-state index contributed by atoms with van der Waals surface area (Å²) in [6.07, 6.45) is 4.04. The van der Waals surface area contributed by atoms with Gasteiger partial charge in [0.2, 0.25) is 17.7 Å². The molecule has 0 aromatic heterocycles. The van der Waals surface area contributed by atoms with Gasteiger partial charge in [-0.2, -0.15) is 0 Å². The van der Waals surface area contributed by atoms with Gasteiger partial charge < -0.3 is 26.8 Å². The van der Waals surface area contributed by atoms with Crippen molar-refractivity contribution in [2.24, 2.45) is 5.73 Å². The van der Waals surface area contributed by atoms with Crippen LogP contribution in [0.4, 0.5) is 0 Å². The van der Waals surface area contributed by atoms with Gasteiger partial charge in [0.1, 0.15) is 18.1 Å². The molecule has 0 aliphatic rings. The number of benzene rings is 2. The van der Waals surface area contributed by atoms with Crippen molar-refractivity contribution in [1.82, 2.24) is 16.0 Å². The van der Waals surface area contributed by atoms with Crippen LogP contribution < -0.4 is 21.7 Å². The molecule has 0 unspecified atom stereocenters. The predicted octanol–water partition coefficient (Wildman–Crippen LogP) is 2.72. The minimum Gasteiger partial charge on any atom is -0.480 e. The Labute approximate surface area is 230 Å². The molecule has 2 rings (SSSR count). The maximum absolute atomic E-state index is 13.5. The summed E-state index contributed by atoms with van der Waals surface area (Å²) in [6, 6.07) is 14.8. The third-order valence-corrected chi connectivity index (χ3v) is 6.49. The minimum absolute atomic E-state index is 0.201. The number of hydrogen-bond acceptors (Lipinski definition) is 5. The summed E-state index contributed by atoms with van der Waals surface area (Å²) >= 11 is 0. The normalized spacial score (nSPS) is 13.9. The van der Waals surface area contributed by atoms with Gasteiger partial charge >= 0.3 is 5.97 Å². The number of hydrogen-bond donors (Lipinski definition) is 5. The molecule has 0 saturated heterocycles. The molecule has 2 aromatic rings. The van der Waals surface area contributed by atoms with Crippen LogP contribution in [-0.4, -0.2) is 53.0 Å². The van der Waals surface area contributed by atoms with Crippen LogP contribution in [-0.2, 0) is 32.0 Å². The Hall–Kier alpha value is -3.72. The predicted molar refractivity (Wildman–Crippen MR) is 151 cm³/mol. The number of carboxylic acids is 1. The Morgan fingerprint density at radius 3 is 1.62 bits per heavy atom. The van der Waals surface area contributed by atoms with Gasteiger partial charge in [-0.3, -0.25) is 14.4 Å². The van der Waals surface area contributed by atoms with Gasteiger partial charge in [0.25, 0.3) is 0 Å². The molecule has 0 fully saturated rings. The van der Waals surface area contributed by atoms with Crippen molar-refractivity contribution in [3.05, 3.63) is 71.8 Å². The second-order valence-electron chi connectivity index (χ2n) is 9.79. The topological polar surface area (TPSA) is 151 Å². The molecule has 0 aliphatic carbocycles. The fraction of sp³-hybridized carbons (Fsp3) is 0.467. The van der Waals surface area contributed by atoms with Crippen LogP contribution in [0.1, 0.15) is 63.5 Å². The van der Waals surface area contributed by atoms with Crippen molar-refractivity contribution in [1.29, 1.82) is 0 Å². The van der Waals surface area contributed by atoms with Crippen LogP contribution >= 0.6 is 0 Å². The first kappa shape index (κ1) is 31.5. The van der Waals surface area contributed by atoms with E-state index in [2.05, 4.69) is 16.0 Å². The van der Waals surface area contributed by atoms with Crippen LogP contribution in [0.5, 0.6) is 0 Å². The van der Waals surface area contributed by atoms with Crippen molar-refractivity contribution >= 4 is 23.7 Å². The molecule has 0 bridgehead atoms. The molecule has 4 atom stereocenters. The highest BCUT2D eigenvalue weighted by Crippen LogP contribution is 2.09. The number of carbonyl (C=O) groups is 4. The number of nitrogens with one attached hydrogen (secondary N) is 3. The Morgan fingerprint density at radius 2 is 1.10 bits per heavy atom. The molecule has 212 valence electrons. The molecule has 3 amide bonds. The highest BCUT2D eigenvalue weighted by Gasteiger charge is 2.30. The van der Waals surface area contributed by atoms with E-state index < -0.39 is 47.9 Å². The summed E-state index contributed by atoms with van der Waals surface area (Å²) in [5.41, 5.74) is 7.89. The maximum atomic E-state index is 13.5. The van der Waals surface area contributed by atoms with Gasteiger partial charge in [-0.25, -0.2) is 4.79 Å². The van der Waals surface area contributed by atoms with Gasteiger partial charge in [-0.1, -0.05) is 100 Å². The summed E-state index contributed by atoms with van der Waals surface area (Å²) in [6.45, 7) is 3.91. The average molecular weight is 539 g/mol. The first-order valence-corrected chi connectivity index (χ1v) is 13.7. The van der Waals surface area contributed by atoms with E-state index in [4.69, 9.17) is 5.73 Å². The van der Waals surface area contributed by atoms with E-state index >= 15 is 0 Å². The zero-order valence-electron chi connectivity index (χ0n) is 22.9. The molecular weight excluding hydrogens is 496 g/mol. The van der Waals surface area contributed by atoms with Gasteiger partial charge in [0, 0.05) is 6.42 Å². The molecule has 9 nitrogen and oxygen atoms in total. The maximum Gasteiger partial charge on any atom is 0.326 e. The lowest BCUT2D eigenvalue weighted by Crippen LogP contribution is -2.57. The van der Waals surface area contributed by atoms with Gasteiger partial charge in [-0.05, 0) is 30.4 Å². The molecule has 9 heteroatoms. The molecular formula is C30H42N4O5. The zero-order valence-corrected chi connectivity index (χ0v) is 22.9. The van der Waals surface area contributed by atoms with Crippen LogP contribution in [0.15, 0.2) is 60.7 Å². The Balaban J connectivity index is 2.18. The molecule has 0 heterocycles. The van der Waals surface area contributed by atoms with Crippen molar-refractivity contribution in [3.8, 4) is 0 Å². The minimum atomic E-state index is -1.11. The number of rotatable bonds is 17. The van der Waals surface area contributed by atoms with Crippen molar-refractivity contribution in [3.63, 3.8) is 0 Å². The van der Waals surface area contributed by atoms with E-state index in [1.807, 2.05) is 74.5 Å². The first-order valence-electron chi connectivity index (χ1n) is 13.7. The largest absolute Gasteiger partial charge is 0.480 e.